The first-order valence-electron chi connectivity index (χ1n) is 5.89. The van der Waals surface area contributed by atoms with Crippen LogP contribution in [0.1, 0.15) is 24.8 Å². The van der Waals surface area contributed by atoms with Gasteiger partial charge in [0.2, 0.25) is 0 Å². The maximum absolute atomic E-state index is 11.3. The second kappa shape index (κ2) is 7.78. The van der Waals surface area contributed by atoms with Crippen LogP contribution >= 0.6 is 23.2 Å². The SMILES string of the molecule is C/C(N)=C/C(=O)OCCC(C#N)c1ccc(Cl)cc1Cl. The maximum atomic E-state index is 11.3. The first-order valence-corrected chi connectivity index (χ1v) is 6.64. The number of rotatable bonds is 5. The van der Waals surface area contributed by atoms with Gasteiger partial charge >= 0.3 is 5.97 Å². The molecule has 1 aromatic carbocycles. The van der Waals surface area contributed by atoms with E-state index in [9.17, 15) is 4.79 Å². The van der Waals surface area contributed by atoms with Crippen LogP contribution < -0.4 is 5.73 Å². The van der Waals surface area contributed by atoms with E-state index in [4.69, 9.17) is 38.9 Å². The van der Waals surface area contributed by atoms with Crippen LogP contribution in [0.4, 0.5) is 0 Å². The molecule has 0 aliphatic heterocycles. The summed E-state index contributed by atoms with van der Waals surface area (Å²) in [6.07, 6.45) is 1.54. The predicted octanol–water partition coefficient (Wildman–Crippen LogP) is 3.40. The molecule has 0 amide bonds. The topological polar surface area (TPSA) is 76.1 Å². The third kappa shape index (κ3) is 5.12. The minimum Gasteiger partial charge on any atom is -0.462 e. The van der Waals surface area contributed by atoms with Crippen LogP contribution in [0.2, 0.25) is 10.0 Å². The van der Waals surface area contributed by atoms with Crippen molar-refractivity contribution in [2.75, 3.05) is 6.61 Å². The molecule has 0 saturated carbocycles. The van der Waals surface area contributed by atoms with Crippen LogP contribution in [0.5, 0.6) is 0 Å². The lowest BCUT2D eigenvalue weighted by Crippen LogP contribution is -2.08. The summed E-state index contributed by atoms with van der Waals surface area (Å²) in [5.41, 5.74) is 6.39. The summed E-state index contributed by atoms with van der Waals surface area (Å²) in [5, 5.41) is 10.1. The number of hydrogen-bond acceptors (Lipinski definition) is 4. The molecule has 20 heavy (non-hydrogen) atoms. The third-order valence-corrected chi connectivity index (χ3v) is 3.05. The molecule has 0 heterocycles. The Bertz CT molecular complexity index is 561. The normalized spacial score (nSPS) is 12.6. The van der Waals surface area contributed by atoms with E-state index in [1.165, 1.54) is 6.08 Å². The standard InChI is InChI=1S/C14H14Cl2N2O2/c1-9(18)6-14(19)20-5-4-10(8-17)12-3-2-11(15)7-13(12)16/h2-3,6-7,10H,4-5,18H2,1H3/b9-6-. The molecular formula is C14H14Cl2N2O2. The highest BCUT2D eigenvalue weighted by Gasteiger charge is 2.15. The number of nitriles is 1. The molecule has 1 atom stereocenters. The summed E-state index contributed by atoms with van der Waals surface area (Å²) in [5.74, 6) is -0.987. The number of benzene rings is 1. The summed E-state index contributed by atoms with van der Waals surface area (Å²) in [6, 6.07) is 7.08. The van der Waals surface area contributed by atoms with Gasteiger partial charge < -0.3 is 10.5 Å². The van der Waals surface area contributed by atoms with Gasteiger partial charge in [0.15, 0.2) is 0 Å². The number of ether oxygens (including phenoxy) is 1. The average Bonchev–Trinajstić information content (AvgIpc) is 2.35. The molecule has 1 unspecified atom stereocenters. The lowest BCUT2D eigenvalue weighted by Gasteiger charge is -2.11. The molecule has 0 saturated heterocycles. The van der Waals surface area contributed by atoms with Crippen molar-refractivity contribution in [2.24, 2.45) is 5.73 Å². The number of nitrogens with zero attached hydrogens (tertiary/aromatic N) is 1. The van der Waals surface area contributed by atoms with Gasteiger partial charge in [0.05, 0.1) is 18.6 Å². The number of allylic oxidation sites excluding steroid dienone is 1. The molecular weight excluding hydrogens is 299 g/mol. The molecule has 1 rings (SSSR count). The predicted molar refractivity (Wildman–Crippen MR) is 78.3 cm³/mol. The van der Waals surface area contributed by atoms with Gasteiger partial charge in [-0.3, -0.25) is 0 Å². The van der Waals surface area contributed by atoms with Crippen LogP contribution in [-0.2, 0) is 9.53 Å². The van der Waals surface area contributed by atoms with E-state index in [1.54, 1.807) is 25.1 Å². The van der Waals surface area contributed by atoms with Crippen molar-refractivity contribution in [1.82, 2.24) is 0 Å². The van der Waals surface area contributed by atoms with Crippen LogP contribution in [0.25, 0.3) is 0 Å². The highest BCUT2D eigenvalue weighted by atomic mass is 35.5. The molecule has 0 aliphatic rings. The smallest absolute Gasteiger partial charge is 0.332 e. The summed E-state index contributed by atoms with van der Waals surface area (Å²) in [4.78, 5) is 11.3. The molecule has 0 spiro atoms. The Labute approximate surface area is 127 Å². The Morgan fingerprint density at radius 2 is 2.25 bits per heavy atom. The summed E-state index contributed by atoms with van der Waals surface area (Å²) in [6.45, 7) is 1.70. The van der Waals surface area contributed by atoms with Crippen molar-refractivity contribution in [3.8, 4) is 6.07 Å². The molecule has 1 aromatic rings. The number of nitrogens with two attached hydrogens (primary N) is 1. The summed E-state index contributed by atoms with van der Waals surface area (Å²) < 4.78 is 4.95. The molecule has 0 bridgehead atoms. The molecule has 106 valence electrons. The van der Waals surface area contributed by atoms with Gasteiger partial charge in [0.25, 0.3) is 0 Å². The van der Waals surface area contributed by atoms with Gasteiger partial charge in [-0.1, -0.05) is 29.3 Å². The Hall–Kier alpha value is -1.70. The fourth-order valence-corrected chi connectivity index (χ4v) is 2.12. The highest BCUT2D eigenvalue weighted by Crippen LogP contribution is 2.29. The Balaban J connectivity index is 2.63. The van der Waals surface area contributed by atoms with Gasteiger partial charge in [-0.25, -0.2) is 4.79 Å². The number of carbonyl (C=O) groups excluding carboxylic acids is 1. The van der Waals surface area contributed by atoms with Gasteiger partial charge in [-0.2, -0.15) is 5.26 Å². The van der Waals surface area contributed by atoms with Gasteiger partial charge in [-0.15, -0.1) is 0 Å². The zero-order valence-corrected chi connectivity index (χ0v) is 12.4. The third-order valence-electron chi connectivity index (χ3n) is 2.49. The van der Waals surface area contributed by atoms with E-state index in [0.717, 1.165) is 0 Å². The quantitative estimate of drug-likeness (QED) is 0.667. The Morgan fingerprint density at radius 1 is 1.55 bits per heavy atom. The van der Waals surface area contributed by atoms with E-state index < -0.39 is 11.9 Å². The van der Waals surface area contributed by atoms with E-state index >= 15 is 0 Å². The second-order valence-corrected chi connectivity index (χ2v) is 5.04. The second-order valence-electron chi connectivity index (χ2n) is 4.19. The summed E-state index contributed by atoms with van der Waals surface area (Å²) in [7, 11) is 0. The lowest BCUT2D eigenvalue weighted by molar-refractivity contribution is -0.137. The summed E-state index contributed by atoms with van der Waals surface area (Å²) >= 11 is 11.8. The zero-order chi connectivity index (χ0) is 15.1. The lowest BCUT2D eigenvalue weighted by atomic mass is 9.97. The fourth-order valence-electron chi connectivity index (χ4n) is 1.58. The number of esters is 1. The van der Waals surface area contributed by atoms with E-state index in [2.05, 4.69) is 6.07 Å². The molecule has 2 N–H and O–H groups in total. The molecule has 0 aromatic heterocycles. The van der Waals surface area contributed by atoms with Crippen molar-refractivity contribution < 1.29 is 9.53 Å². The Morgan fingerprint density at radius 3 is 2.80 bits per heavy atom. The zero-order valence-electron chi connectivity index (χ0n) is 10.9. The number of hydrogen-bond donors (Lipinski definition) is 1. The van der Waals surface area contributed by atoms with Crippen molar-refractivity contribution in [2.45, 2.75) is 19.3 Å². The van der Waals surface area contributed by atoms with Crippen LogP contribution in [0.15, 0.2) is 30.0 Å². The first-order chi connectivity index (χ1) is 9.43. The fraction of sp³-hybridized carbons (Fsp3) is 0.286. The molecule has 0 fully saturated rings. The van der Waals surface area contributed by atoms with E-state index in [-0.39, 0.29) is 6.61 Å². The molecule has 0 radical (unpaired) electrons. The monoisotopic (exact) mass is 312 g/mol. The van der Waals surface area contributed by atoms with Gasteiger partial charge in [0, 0.05) is 28.2 Å². The number of halogens is 2. The highest BCUT2D eigenvalue weighted by molar-refractivity contribution is 6.35. The maximum Gasteiger partial charge on any atom is 0.332 e. The van der Waals surface area contributed by atoms with Crippen LogP contribution in [-0.4, -0.2) is 12.6 Å². The minimum absolute atomic E-state index is 0.111. The van der Waals surface area contributed by atoms with Crippen LogP contribution in [0, 0.1) is 11.3 Å². The molecule has 6 heteroatoms. The minimum atomic E-state index is -0.524. The van der Waals surface area contributed by atoms with Gasteiger partial charge in [-0.05, 0) is 24.6 Å². The van der Waals surface area contributed by atoms with Crippen molar-refractivity contribution in [3.63, 3.8) is 0 Å². The van der Waals surface area contributed by atoms with E-state index in [1.807, 2.05) is 0 Å². The first kappa shape index (κ1) is 16.4. The van der Waals surface area contributed by atoms with Gasteiger partial charge in [0.1, 0.15) is 0 Å². The molecule has 4 nitrogen and oxygen atoms in total. The average molecular weight is 313 g/mol. The Kier molecular flexibility index (Phi) is 6.37. The van der Waals surface area contributed by atoms with Crippen molar-refractivity contribution in [3.05, 3.63) is 45.6 Å². The van der Waals surface area contributed by atoms with Crippen LogP contribution in [0.3, 0.4) is 0 Å². The van der Waals surface area contributed by atoms with E-state index in [0.29, 0.717) is 27.7 Å². The number of carbonyl (C=O) groups is 1. The van der Waals surface area contributed by atoms with Crippen molar-refractivity contribution >= 4 is 29.2 Å². The molecule has 0 aliphatic carbocycles. The van der Waals surface area contributed by atoms with Crippen molar-refractivity contribution in [1.29, 1.82) is 5.26 Å². The largest absolute Gasteiger partial charge is 0.462 e.